The molecule has 0 atom stereocenters. The Kier molecular flexibility index (Phi) is 4.50. The van der Waals surface area contributed by atoms with Gasteiger partial charge in [0.15, 0.2) is 0 Å². The van der Waals surface area contributed by atoms with Crippen molar-refractivity contribution in [2.45, 2.75) is 11.8 Å². The number of nitrogens with zero attached hydrogens (tertiary/aromatic N) is 1. The van der Waals surface area contributed by atoms with Crippen molar-refractivity contribution in [1.29, 1.82) is 0 Å². The van der Waals surface area contributed by atoms with Crippen LogP contribution in [-0.4, -0.2) is 20.1 Å². The molecular formula is C18H17FN2O3S. The van der Waals surface area contributed by atoms with E-state index >= 15 is 0 Å². The van der Waals surface area contributed by atoms with Crippen LogP contribution < -0.4 is 9.46 Å². The Morgan fingerprint density at radius 3 is 2.44 bits per heavy atom. The lowest BCUT2D eigenvalue weighted by atomic mass is 10.2. The fourth-order valence-electron chi connectivity index (χ4n) is 2.51. The molecule has 3 aromatic rings. The molecule has 1 heterocycles. The van der Waals surface area contributed by atoms with Crippen molar-refractivity contribution in [3.05, 3.63) is 72.3 Å². The maximum absolute atomic E-state index is 14.1. The first-order valence-corrected chi connectivity index (χ1v) is 8.99. The molecule has 0 aliphatic heterocycles. The summed E-state index contributed by atoms with van der Waals surface area (Å²) in [5, 5.41) is 0. The molecule has 7 heteroatoms. The molecule has 130 valence electrons. The number of aromatic nitrogens is 1. The van der Waals surface area contributed by atoms with Crippen molar-refractivity contribution in [3.8, 4) is 11.4 Å². The summed E-state index contributed by atoms with van der Waals surface area (Å²) in [5.74, 6) is -0.0946. The summed E-state index contributed by atoms with van der Waals surface area (Å²) in [4.78, 5) is 0.0686. The third kappa shape index (κ3) is 3.51. The van der Waals surface area contributed by atoms with E-state index in [1.165, 1.54) is 25.3 Å². The first-order chi connectivity index (χ1) is 11.9. The van der Waals surface area contributed by atoms with Gasteiger partial charge in [0.2, 0.25) is 0 Å². The van der Waals surface area contributed by atoms with E-state index in [0.29, 0.717) is 17.0 Å². The van der Waals surface area contributed by atoms with E-state index in [4.69, 9.17) is 4.74 Å². The lowest BCUT2D eigenvalue weighted by Crippen LogP contribution is -2.15. The minimum atomic E-state index is -3.93. The van der Waals surface area contributed by atoms with Crippen LogP contribution in [-0.2, 0) is 10.0 Å². The number of halogens is 1. The second-order valence-corrected chi connectivity index (χ2v) is 7.14. The van der Waals surface area contributed by atoms with Crippen LogP contribution in [0.3, 0.4) is 0 Å². The Hall–Kier alpha value is -2.80. The summed E-state index contributed by atoms with van der Waals surface area (Å²) in [6.45, 7) is 1.66. The highest BCUT2D eigenvalue weighted by Crippen LogP contribution is 2.26. The van der Waals surface area contributed by atoms with Gasteiger partial charge in [-0.05, 0) is 61.0 Å². The molecule has 0 aliphatic carbocycles. The molecule has 0 spiro atoms. The van der Waals surface area contributed by atoms with Crippen molar-refractivity contribution in [2.24, 2.45) is 0 Å². The van der Waals surface area contributed by atoms with Crippen LogP contribution in [0.15, 0.2) is 65.8 Å². The maximum Gasteiger partial charge on any atom is 0.262 e. The number of benzene rings is 2. The predicted molar refractivity (Wildman–Crippen MR) is 94.3 cm³/mol. The van der Waals surface area contributed by atoms with Crippen LogP contribution in [0.25, 0.3) is 5.69 Å². The molecule has 0 fully saturated rings. The molecular weight excluding hydrogens is 343 g/mol. The number of methoxy groups -OCH3 is 1. The second kappa shape index (κ2) is 6.60. The Morgan fingerprint density at radius 2 is 1.80 bits per heavy atom. The minimum Gasteiger partial charge on any atom is -0.497 e. The minimum absolute atomic E-state index is 0.0686. The molecule has 0 saturated heterocycles. The molecule has 2 aromatic carbocycles. The third-order valence-electron chi connectivity index (χ3n) is 3.77. The van der Waals surface area contributed by atoms with Gasteiger partial charge in [-0.15, -0.1) is 0 Å². The highest BCUT2D eigenvalue weighted by Gasteiger charge is 2.19. The summed E-state index contributed by atoms with van der Waals surface area (Å²) in [7, 11) is -2.43. The van der Waals surface area contributed by atoms with Crippen molar-refractivity contribution in [3.63, 3.8) is 0 Å². The molecule has 1 N–H and O–H groups in total. The standard InChI is InChI=1S/C18H17FN2O3S/c1-13-11-15(24-2)6-8-18(13)25(22,23)20-17-12-14(5-7-16(17)19)21-9-3-4-10-21/h3-12,20H,1-2H3. The van der Waals surface area contributed by atoms with Crippen LogP contribution in [0.1, 0.15) is 5.56 Å². The fourth-order valence-corrected chi connectivity index (χ4v) is 3.79. The second-order valence-electron chi connectivity index (χ2n) is 5.49. The highest BCUT2D eigenvalue weighted by atomic mass is 32.2. The normalized spacial score (nSPS) is 11.3. The summed E-state index contributed by atoms with van der Waals surface area (Å²) >= 11 is 0. The van der Waals surface area contributed by atoms with Gasteiger partial charge in [0.1, 0.15) is 11.6 Å². The molecule has 0 saturated carbocycles. The van der Waals surface area contributed by atoms with Gasteiger partial charge >= 0.3 is 0 Å². The monoisotopic (exact) mass is 360 g/mol. The Morgan fingerprint density at radius 1 is 1.08 bits per heavy atom. The fraction of sp³-hybridized carbons (Fsp3) is 0.111. The predicted octanol–water partition coefficient (Wildman–Crippen LogP) is 3.73. The molecule has 0 amide bonds. The average Bonchev–Trinajstić information content (AvgIpc) is 3.10. The van der Waals surface area contributed by atoms with Crippen LogP contribution >= 0.6 is 0 Å². The largest absolute Gasteiger partial charge is 0.497 e. The van der Waals surface area contributed by atoms with Crippen LogP contribution in [0, 0.1) is 12.7 Å². The molecule has 3 rings (SSSR count). The van der Waals surface area contributed by atoms with Crippen molar-refractivity contribution in [1.82, 2.24) is 4.57 Å². The summed E-state index contributed by atoms with van der Waals surface area (Å²) in [6, 6.07) is 12.5. The molecule has 0 radical (unpaired) electrons. The maximum atomic E-state index is 14.1. The van der Waals surface area contributed by atoms with E-state index in [1.54, 1.807) is 42.1 Å². The Bertz CT molecular complexity index is 999. The number of sulfonamides is 1. The zero-order valence-corrected chi connectivity index (χ0v) is 14.5. The van der Waals surface area contributed by atoms with Crippen LogP contribution in [0.2, 0.25) is 0 Å². The number of hydrogen-bond donors (Lipinski definition) is 1. The van der Waals surface area contributed by atoms with E-state index in [-0.39, 0.29) is 10.6 Å². The van der Waals surface area contributed by atoms with Gasteiger partial charge in [-0.25, -0.2) is 12.8 Å². The van der Waals surface area contributed by atoms with Gasteiger partial charge in [0, 0.05) is 18.1 Å². The zero-order chi connectivity index (χ0) is 18.0. The lowest BCUT2D eigenvalue weighted by Gasteiger charge is -2.13. The summed E-state index contributed by atoms with van der Waals surface area (Å²) in [5.41, 5.74) is 1.05. The van der Waals surface area contributed by atoms with Crippen LogP contribution in [0.4, 0.5) is 10.1 Å². The average molecular weight is 360 g/mol. The zero-order valence-electron chi connectivity index (χ0n) is 13.7. The lowest BCUT2D eigenvalue weighted by molar-refractivity contribution is 0.414. The number of ether oxygens (including phenoxy) is 1. The van der Waals surface area contributed by atoms with Gasteiger partial charge in [-0.3, -0.25) is 4.72 Å². The van der Waals surface area contributed by atoms with Gasteiger partial charge in [-0.1, -0.05) is 0 Å². The molecule has 1 aromatic heterocycles. The van der Waals surface area contributed by atoms with E-state index in [0.717, 1.165) is 0 Å². The molecule has 0 bridgehead atoms. The number of anilines is 1. The SMILES string of the molecule is COc1ccc(S(=O)(=O)Nc2cc(-n3cccc3)ccc2F)c(C)c1. The van der Waals surface area contributed by atoms with Crippen molar-refractivity contribution < 1.29 is 17.5 Å². The highest BCUT2D eigenvalue weighted by molar-refractivity contribution is 7.92. The van der Waals surface area contributed by atoms with Crippen molar-refractivity contribution >= 4 is 15.7 Å². The number of rotatable bonds is 5. The van der Waals surface area contributed by atoms with Gasteiger partial charge < -0.3 is 9.30 Å². The Balaban J connectivity index is 1.97. The number of aryl methyl sites for hydroxylation is 1. The van der Waals surface area contributed by atoms with Crippen molar-refractivity contribution in [2.75, 3.05) is 11.8 Å². The third-order valence-corrected chi connectivity index (χ3v) is 5.29. The van der Waals surface area contributed by atoms with E-state index in [1.807, 2.05) is 12.1 Å². The van der Waals surface area contributed by atoms with E-state index in [2.05, 4.69) is 4.72 Å². The summed E-state index contributed by atoms with van der Waals surface area (Å²) < 4.78 is 48.6. The number of hydrogen-bond acceptors (Lipinski definition) is 3. The first-order valence-electron chi connectivity index (χ1n) is 7.51. The number of nitrogens with one attached hydrogen (secondary N) is 1. The van der Waals surface area contributed by atoms with E-state index in [9.17, 15) is 12.8 Å². The molecule has 25 heavy (non-hydrogen) atoms. The van der Waals surface area contributed by atoms with E-state index < -0.39 is 15.8 Å². The smallest absolute Gasteiger partial charge is 0.262 e. The van der Waals surface area contributed by atoms with Gasteiger partial charge in [0.05, 0.1) is 17.7 Å². The Labute approximate surface area is 145 Å². The van der Waals surface area contributed by atoms with Gasteiger partial charge in [0.25, 0.3) is 10.0 Å². The topological polar surface area (TPSA) is 60.3 Å². The first kappa shape index (κ1) is 17.0. The molecule has 0 aliphatic rings. The van der Waals surface area contributed by atoms with Crippen LogP contribution in [0.5, 0.6) is 5.75 Å². The quantitative estimate of drug-likeness (QED) is 0.754. The van der Waals surface area contributed by atoms with Gasteiger partial charge in [-0.2, -0.15) is 0 Å². The molecule has 5 nitrogen and oxygen atoms in total. The molecule has 0 unspecified atom stereocenters. The summed E-state index contributed by atoms with van der Waals surface area (Å²) in [6.07, 6.45) is 3.58.